The molecule has 2 unspecified atom stereocenters. The molecule has 0 aromatic carbocycles. The predicted molar refractivity (Wildman–Crippen MR) is 78.6 cm³/mol. The molecule has 0 amide bonds. The summed E-state index contributed by atoms with van der Waals surface area (Å²) in [6, 6.07) is 1.36. The second kappa shape index (κ2) is 5.35. The van der Waals surface area contributed by atoms with Gasteiger partial charge in [-0.3, -0.25) is 0 Å². The molecule has 1 N–H and O–H groups in total. The van der Waals surface area contributed by atoms with E-state index in [0.29, 0.717) is 18.5 Å². The van der Waals surface area contributed by atoms with Crippen molar-refractivity contribution in [2.45, 2.75) is 71.0 Å². The van der Waals surface area contributed by atoms with Crippen LogP contribution in [0.4, 0.5) is 6.01 Å². The largest absolute Gasteiger partial charge is 0.407 e. The first-order valence-corrected chi connectivity index (χ1v) is 7.87. The molecule has 2 heterocycles. The van der Waals surface area contributed by atoms with Crippen LogP contribution in [0.3, 0.4) is 0 Å². The van der Waals surface area contributed by atoms with Crippen LogP contribution in [0.2, 0.25) is 0 Å². The molecule has 2 atom stereocenters. The van der Waals surface area contributed by atoms with E-state index >= 15 is 0 Å². The molecule has 1 aliphatic heterocycles. The van der Waals surface area contributed by atoms with E-state index in [1.807, 2.05) is 0 Å². The third kappa shape index (κ3) is 2.97. The van der Waals surface area contributed by atoms with Crippen molar-refractivity contribution in [3.8, 4) is 0 Å². The molecule has 1 aromatic rings. The molecule has 0 bridgehead atoms. The topological polar surface area (TPSA) is 54.2 Å². The zero-order chi connectivity index (χ0) is 14.2. The third-order valence-corrected chi connectivity index (χ3v) is 4.48. The van der Waals surface area contributed by atoms with Crippen LogP contribution in [0, 0.1) is 5.92 Å². The summed E-state index contributed by atoms with van der Waals surface area (Å²) in [7, 11) is 0. The summed E-state index contributed by atoms with van der Waals surface area (Å²) in [6.45, 7) is 8.12. The Bertz CT molecular complexity index is 451. The van der Waals surface area contributed by atoms with E-state index in [-0.39, 0.29) is 5.54 Å². The summed E-state index contributed by atoms with van der Waals surface area (Å²) in [5, 5.41) is 11.8. The van der Waals surface area contributed by atoms with Crippen LogP contribution in [0.15, 0.2) is 4.42 Å². The summed E-state index contributed by atoms with van der Waals surface area (Å²) in [5.41, 5.74) is 0.0662. The molecule has 20 heavy (non-hydrogen) atoms. The zero-order valence-corrected chi connectivity index (χ0v) is 12.9. The van der Waals surface area contributed by atoms with Crippen molar-refractivity contribution in [1.82, 2.24) is 15.5 Å². The predicted octanol–water partition coefficient (Wildman–Crippen LogP) is 2.73. The van der Waals surface area contributed by atoms with Crippen molar-refractivity contribution in [2.75, 3.05) is 11.4 Å². The molecular formula is C15H26N4O. The van der Waals surface area contributed by atoms with Crippen LogP contribution in [0.5, 0.6) is 0 Å². The molecule has 5 nitrogen and oxygen atoms in total. The number of anilines is 1. The molecule has 3 rings (SSSR count). The number of hydrogen-bond donors (Lipinski definition) is 1. The lowest BCUT2D eigenvalue weighted by Gasteiger charge is -2.30. The first-order valence-electron chi connectivity index (χ1n) is 7.87. The van der Waals surface area contributed by atoms with Gasteiger partial charge in [-0.2, -0.15) is 0 Å². The van der Waals surface area contributed by atoms with Gasteiger partial charge in [0.05, 0.1) is 6.54 Å². The number of hydrogen-bond acceptors (Lipinski definition) is 5. The maximum atomic E-state index is 5.85. The molecular weight excluding hydrogens is 252 g/mol. The van der Waals surface area contributed by atoms with Gasteiger partial charge in [-0.1, -0.05) is 17.9 Å². The van der Waals surface area contributed by atoms with E-state index in [2.05, 4.69) is 41.2 Å². The Balaban J connectivity index is 1.64. The SMILES string of the molecule is CC(C)(C)NCc1nnc(N2CCC3CCCCC32)o1. The van der Waals surface area contributed by atoms with Gasteiger partial charge < -0.3 is 14.6 Å². The Morgan fingerprint density at radius 2 is 2.00 bits per heavy atom. The van der Waals surface area contributed by atoms with Crippen molar-refractivity contribution in [3.63, 3.8) is 0 Å². The minimum atomic E-state index is 0.0662. The summed E-state index contributed by atoms with van der Waals surface area (Å²) >= 11 is 0. The summed E-state index contributed by atoms with van der Waals surface area (Å²) in [6.07, 6.45) is 6.66. The third-order valence-electron chi connectivity index (χ3n) is 4.48. The highest BCUT2D eigenvalue weighted by atomic mass is 16.4. The normalized spacial score (nSPS) is 26.9. The van der Waals surface area contributed by atoms with Gasteiger partial charge in [0, 0.05) is 18.1 Å². The first kappa shape index (κ1) is 13.9. The van der Waals surface area contributed by atoms with Gasteiger partial charge >= 0.3 is 6.01 Å². The Morgan fingerprint density at radius 1 is 1.20 bits per heavy atom. The minimum Gasteiger partial charge on any atom is -0.407 e. The van der Waals surface area contributed by atoms with E-state index in [4.69, 9.17) is 4.42 Å². The number of rotatable bonds is 3. The molecule has 1 aliphatic carbocycles. The first-order chi connectivity index (χ1) is 9.53. The van der Waals surface area contributed by atoms with Gasteiger partial charge in [0.1, 0.15) is 0 Å². The van der Waals surface area contributed by atoms with Gasteiger partial charge in [0.25, 0.3) is 0 Å². The Labute approximate surface area is 121 Å². The lowest BCUT2D eigenvalue weighted by Crippen LogP contribution is -2.35. The van der Waals surface area contributed by atoms with Crippen LogP contribution in [0.1, 0.15) is 58.8 Å². The fourth-order valence-corrected chi connectivity index (χ4v) is 3.42. The van der Waals surface area contributed by atoms with E-state index in [1.165, 1.54) is 32.1 Å². The van der Waals surface area contributed by atoms with Crippen molar-refractivity contribution >= 4 is 6.01 Å². The monoisotopic (exact) mass is 278 g/mol. The molecule has 1 aromatic heterocycles. The second-order valence-electron chi connectivity index (χ2n) is 7.18. The minimum absolute atomic E-state index is 0.0662. The van der Waals surface area contributed by atoms with Crippen molar-refractivity contribution in [2.24, 2.45) is 5.92 Å². The highest BCUT2D eigenvalue weighted by molar-refractivity contribution is 5.30. The number of nitrogens with one attached hydrogen (secondary N) is 1. The fraction of sp³-hybridized carbons (Fsp3) is 0.867. The maximum Gasteiger partial charge on any atom is 0.318 e. The average molecular weight is 278 g/mol. The summed E-state index contributed by atoms with van der Waals surface area (Å²) in [4.78, 5) is 2.34. The highest BCUT2D eigenvalue weighted by Gasteiger charge is 2.38. The number of fused-ring (bicyclic) bond motifs is 1. The fourth-order valence-electron chi connectivity index (χ4n) is 3.42. The van der Waals surface area contributed by atoms with Crippen molar-refractivity contribution in [1.29, 1.82) is 0 Å². The lowest BCUT2D eigenvalue weighted by molar-refractivity contribution is 0.331. The second-order valence-corrected chi connectivity index (χ2v) is 7.18. The van der Waals surface area contributed by atoms with E-state index in [9.17, 15) is 0 Å². The lowest BCUT2D eigenvalue weighted by atomic mass is 9.85. The van der Waals surface area contributed by atoms with Gasteiger partial charge in [-0.25, -0.2) is 0 Å². The van der Waals surface area contributed by atoms with E-state index in [0.717, 1.165) is 18.5 Å². The van der Waals surface area contributed by atoms with Gasteiger partial charge in [-0.05, 0) is 46.0 Å². The molecule has 0 spiro atoms. The van der Waals surface area contributed by atoms with Crippen LogP contribution >= 0.6 is 0 Å². The smallest absolute Gasteiger partial charge is 0.318 e. The number of aromatic nitrogens is 2. The van der Waals surface area contributed by atoms with Gasteiger partial charge in [-0.15, -0.1) is 5.10 Å². The maximum absolute atomic E-state index is 5.85. The average Bonchev–Trinajstić information content (AvgIpc) is 3.01. The van der Waals surface area contributed by atoms with Crippen LogP contribution in [-0.2, 0) is 6.54 Å². The molecule has 2 fully saturated rings. The Morgan fingerprint density at radius 3 is 2.80 bits per heavy atom. The van der Waals surface area contributed by atoms with Crippen LogP contribution in [0.25, 0.3) is 0 Å². The van der Waals surface area contributed by atoms with Gasteiger partial charge in [0.15, 0.2) is 0 Å². The molecule has 5 heteroatoms. The summed E-state index contributed by atoms with van der Waals surface area (Å²) < 4.78 is 5.85. The molecule has 0 radical (unpaired) electrons. The summed E-state index contributed by atoms with van der Waals surface area (Å²) in [5.74, 6) is 1.53. The standard InChI is InChI=1S/C15H26N4O/c1-15(2,3)16-10-13-17-18-14(20-13)19-9-8-11-6-4-5-7-12(11)19/h11-12,16H,4-10H2,1-3H3. The van der Waals surface area contributed by atoms with E-state index in [1.54, 1.807) is 0 Å². The molecule has 112 valence electrons. The molecule has 2 aliphatic rings. The van der Waals surface area contributed by atoms with E-state index < -0.39 is 0 Å². The van der Waals surface area contributed by atoms with Crippen LogP contribution < -0.4 is 10.2 Å². The highest BCUT2D eigenvalue weighted by Crippen LogP contribution is 2.38. The zero-order valence-electron chi connectivity index (χ0n) is 12.9. The number of nitrogens with zero attached hydrogens (tertiary/aromatic N) is 3. The van der Waals surface area contributed by atoms with Crippen LogP contribution in [-0.4, -0.2) is 28.3 Å². The van der Waals surface area contributed by atoms with Crippen molar-refractivity contribution < 1.29 is 4.42 Å². The quantitative estimate of drug-likeness (QED) is 0.921. The Hall–Kier alpha value is -1.10. The van der Waals surface area contributed by atoms with Gasteiger partial charge in [0.2, 0.25) is 5.89 Å². The molecule has 1 saturated carbocycles. The Kier molecular flexibility index (Phi) is 3.71. The van der Waals surface area contributed by atoms with Crippen molar-refractivity contribution in [3.05, 3.63) is 5.89 Å². The molecule has 1 saturated heterocycles.